The van der Waals surface area contributed by atoms with Crippen molar-refractivity contribution in [3.63, 3.8) is 0 Å². The summed E-state index contributed by atoms with van der Waals surface area (Å²) in [6, 6.07) is 0. The fraction of sp³-hybridized carbons (Fsp3) is 0.500. The van der Waals surface area contributed by atoms with Crippen molar-refractivity contribution in [2.45, 2.75) is 13.8 Å². The number of allylic oxidation sites excluding steroid dienone is 1. The Labute approximate surface area is 55.8 Å². The maximum atomic E-state index is 5.38. The molecule has 0 fully saturated rings. The van der Waals surface area contributed by atoms with E-state index in [1.54, 1.807) is 11.2 Å². The molecule has 0 bridgehead atoms. The van der Waals surface area contributed by atoms with Crippen LogP contribution in [0.25, 0.3) is 0 Å². The van der Waals surface area contributed by atoms with Gasteiger partial charge in [0.2, 0.25) is 0 Å². The summed E-state index contributed by atoms with van der Waals surface area (Å²) >= 11 is 0. The second kappa shape index (κ2) is 3.95. The first-order chi connectivity index (χ1) is 4.20. The molecule has 0 rings (SSSR count). The molecule has 0 aliphatic rings. The zero-order valence-electron chi connectivity index (χ0n) is 5.96. The lowest BCUT2D eigenvalue weighted by atomic mass is 10.5. The Morgan fingerprint density at radius 2 is 2.44 bits per heavy atom. The number of hydrazone groups is 1. The average Bonchev–Trinajstić information content (AvgIpc) is 1.82. The van der Waals surface area contributed by atoms with E-state index >= 15 is 0 Å². The summed E-state index contributed by atoms with van der Waals surface area (Å²) in [6.45, 7) is 7.96. The highest BCUT2D eigenvalue weighted by Crippen LogP contribution is 1.90. The van der Waals surface area contributed by atoms with E-state index in [4.69, 9.17) is 5.73 Å². The molecule has 0 aliphatic carbocycles. The first kappa shape index (κ1) is 8.01. The Hall–Kier alpha value is -0.990. The van der Waals surface area contributed by atoms with E-state index in [-0.39, 0.29) is 0 Å². The molecule has 0 heterocycles. The molecule has 0 atom stereocenters. The standard InChI is InChI=1S/C6H13N3/c1-4-9(8-3)5-6(2)7/h5H,3-4,7H2,1-2H3/b6-5-. The van der Waals surface area contributed by atoms with Gasteiger partial charge in [-0.1, -0.05) is 0 Å². The molecule has 0 aliphatic heterocycles. The monoisotopic (exact) mass is 127 g/mol. The van der Waals surface area contributed by atoms with Gasteiger partial charge < -0.3 is 5.73 Å². The van der Waals surface area contributed by atoms with Crippen LogP contribution in [-0.4, -0.2) is 18.3 Å². The Bertz CT molecular complexity index is 113. The lowest BCUT2D eigenvalue weighted by Crippen LogP contribution is -2.10. The SMILES string of the molecule is C=NN(/C=C(/C)N)CC. The molecule has 0 aromatic heterocycles. The molecule has 0 saturated heterocycles. The van der Waals surface area contributed by atoms with Crippen molar-refractivity contribution in [1.29, 1.82) is 0 Å². The summed E-state index contributed by atoms with van der Waals surface area (Å²) < 4.78 is 0. The van der Waals surface area contributed by atoms with Gasteiger partial charge in [0.25, 0.3) is 0 Å². The topological polar surface area (TPSA) is 41.6 Å². The van der Waals surface area contributed by atoms with Crippen molar-refractivity contribution in [2.24, 2.45) is 10.8 Å². The van der Waals surface area contributed by atoms with E-state index in [2.05, 4.69) is 11.8 Å². The summed E-state index contributed by atoms with van der Waals surface area (Å²) in [7, 11) is 0. The molecule has 3 heteroatoms. The van der Waals surface area contributed by atoms with E-state index in [1.807, 2.05) is 13.8 Å². The molecule has 3 nitrogen and oxygen atoms in total. The molecule has 0 spiro atoms. The molecule has 0 amide bonds. The fourth-order valence-electron chi connectivity index (χ4n) is 0.467. The smallest absolute Gasteiger partial charge is 0.0416 e. The minimum absolute atomic E-state index is 0.740. The predicted octanol–water partition coefficient (Wildman–Crippen LogP) is 0.744. The molecule has 0 radical (unpaired) electrons. The van der Waals surface area contributed by atoms with E-state index in [0.717, 1.165) is 12.2 Å². The van der Waals surface area contributed by atoms with Crippen LogP contribution in [0.3, 0.4) is 0 Å². The second-order valence-electron chi connectivity index (χ2n) is 1.77. The molecule has 0 aromatic carbocycles. The summed E-state index contributed by atoms with van der Waals surface area (Å²) in [6.07, 6.45) is 1.74. The van der Waals surface area contributed by atoms with Crippen molar-refractivity contribution in [3.05, 3.63) is 11.9 Å². The van der Waals surface area contributed by atoms with Crippen molar-refractivity contribution < 1.29 is 0 Å². The Morgan fingerprint density at radius 1 is 1.89 bits per heavy atom. The van der Waals surface area contributed by atoms with E-state index < -0.39 is 0 Å². The van der Waals surface area contributed by atoms with E-state index in [1.165, 1.54) is 0 Å². The van der Waals surface area contributed by atoms with E-state index in [9.17, 15) is 0 Å². The van der Waals surface area contributed by atoms with Gasteiger partial charge in [-0.25, -0.2) is 0 Å². The largest absolute Gasteiger partial charge is 0.401 e. The minimum Gasteiger partial charge on any atom is -0.401 e. The zero-order chi connectivity index (χ0) is 7.28. The third kappa shape index (κ3) is 3.58. The molecular weight excluding hydrogens is 114 g/mol. The van der Waals surface area contributed by atoms with Crippen LogP contribution in [0.4, 0.5) is 0 Å². The number of nitrogens with zero attached hydrogens (tertiary/aromatic N) is 2. The molecule has 2 N–H and O–H groups in total. The summed E-state index contributed by atoms with van der Waals surface area (Å²) in [5.74, 6) is 0. The molecule has 0 unspecified atom stereocenters. The summed E-state index contributed by atoms with van der Waals surface area (Å²) in [5.41, 5.74) is 6.12. The van der Waals surface area contributed by atoms with Gasteiger partial charge in [-0.15, -0.1) is 0 Å². The van der Waals surface area contributed by atoms with Crippen LogP contribution in [0.5, 0.6) is 0 Å². The van der Waals surface area contributed by atoms with Gasteiger partial charge in [0.05, 0.1) is 0 Å². The third-order valence-corrected chi connectivity index (χ3v) is 0.858. The number of hydrogen-bond acceptors (Lipinski definition) is 3. The van der Waals surface area contributed by atoms with Crippen LogP contribution in [0, 0.1) is 0 Å². The Kier molecular flexibility index (Phi) is 3.51. The first-order valence-electron chi connectivity index (χ1n) is 2.88. The van der Waals surface area contributed by atoms with Gasteiger partial charge in [0.15, 0.2) is 0 Å². The van der Waals surface area contributed by atoms with Crippen LogP contribution < -0.4 is 5.73 Å². The van der Waals surface area contributed by atoms with Crippen LogP contribution >= 0.6 is 0 Å². The van der Waals surface area contributed by atoms with Gasteiger partial charge >= 0.3 is 0 Å². The van der Waals surface area contributed by atoms with Gasteiger partial charge in [-0.2, -0.15) is 5.10 Å². The minimum atomic E-state index is 0.740. The lowest BCUT2D eigenvalue weighted by molar-refractivity contribution is 0.422. The van der Waals surface area contributed by atoms with Crippen LogP contribution in [0.1, 0.15) is 13.8 Å². The second-order valence-corrected chi connectivity index (χ2v) is 1.77. The fourth-order valence-corrected chi connectivity index (χ4v) is 0.467. The molecule has 0 aromatic rings. The number of hydrogen-bond donors (Lipinski definition) is 1. The molecular formula is C6H13N3. The number of nitrogens with two attached hydrogens (primary N) is 1. The summed E-state index contributed by atoms with van der Waals surface area (Å²) in [4.78, 5) is 0. The molecule has 0 saturated carbocycles. The van der Waals surface area contributed by atoms with Crippen LogP contribution in [-0.2, 0) is 0 Å². The van der Waals surface area contributed by atoms with E-state index in [0.29, 0.717) is 0 Å². The number of rotatable bonds is 3. The maximum absolute atomic E-state index is 5.38. The lowest BCUT2D eigenvalue weighted by Gasteiger charge is -2.09. The Balaban J connectivity index is 3.82. The average molecular weight is 127 g/mol. The van der Waals surface area contributed by atoms with Gasteiger partial charge in [-0.3, -0.25) is 5.01 Å². The van der Waals surface area contributed by atoms with Gasteiger partial charge in [0, 0.05) is 25.2 Å². The highest BCUT2D eigenvalue weighted by molar-refractivity contribution is 5.22. The normalized spacial score (nSPS) is 11.1. The highest BCUT2D eigenvalue weighted by atomic mass is 15.4. The molecule has 9 heavy (non-hydrogen) atoms. The van der Waals surface area contributed by atoms with Gasteiger partial charge in [-0.05, 0) is 13.8 Å². The van der Waals surface area contributed by atoms with Crippen molar-refractivity contribution >= 4 is 6.72 Å². The first-order valence-corrected chi connectivity index (χ1v) is 2.88. The highest BCUT2D eigenvalue weighted by Gasteiger charge is 1.87. The van der Waals surface area contributed by atoms with Gasteiger partial charge in [0.1, 0.15) is 0 Å². The van der Waals surface area contributed by atoms with Crippen molar-refractivity contribution in [2.75, 3.05) is 6.54 Å². The maximum Gasteiger partial charge on any atom is 0.0416 e. The molecule has 52 valence electrons. The van der Waals surface area contributed by atoms with Crippen LogP contribution in [0.15, 0.2) is 17.0 Å². The summed E-state index contributed by atoms with van der Waals surface area (Å²) in [5, 5.41) is 5.35. The van der Waals surface area contributed by atoms with Crippen molar-refractivity contribution in [3.8, 4) is 0 Å². The Morgan fingerprint density at radius 3 is 2.56 bits per heavy atom. The van der Waals surface area contributed by atoms with Crippen LogP contribution in [0.2, 0.25) is 0 Å². The van der Waals surface area contributed by atoms with Crippen molar-refractivity contribution in [1.82, 2.24) is 5.01 Å². The third-order valence-electron chi connectivity index (χ3n) is 0.858. The predicted molar refractivity (Wildman–Crippen MR) is 39.9 cm³/mol. The zero-order valence-corrected chi connectivity index (χ0v) is 5.96. The quantitative estimate of drug-likeness (QED) is 0.449.